The minimum Gasteiger partial charge on any atom is -0.482 e. The number of fused-ring (bicyclic) bond motifs is 1. The zero-order valence-corrected chi connectivity index (χ0v) is 16.9. The van der Waals surface area contributed by atoms with Crippen LogP contribution in [-0.2, 0) is 19.1 Å². The number of benzene rings is 1. The number of rotatable bonds is 8. The second kappa shape index (κ2) is 10.4. The molecule has 1 aromatic carbocycles. The monoisotopic (exact) mass is 404 g/mol. The van der Waals surface area contributed by atoms with Gasteiger partial charge in [0.05, 0.1) is 6.04 Å². The molecule has 1 aliphatic heterocycles. The highest BCUT2D eigenvalue weighted by molar-refractivity contribution is 5.98. The van der Waals surface area contributed by atoms with E-state index in [-0.39, 0.29) is 36.3 Å². The van der Waals surface area contributed by atoms with Crippen LogP contribution in [0.4, 0.5) is 4.39 Å². The number of hydrogen-bond donors (Lipinski definition) is 1. The molecule has 0 spiro atoms. The van der Waals surface area contributed by atoms with Crippen LogP contribution in [0, 0.1) is 5.82 Å². The highest BCUT2D eigenvalue weighted by atomic mass is 19.1. The second-order valence-corrected chi connectivity index (χ2v) is 7.37. The van der Waals surface area contributed by atoms with Crippen molar-refractivity contribution in [2.45, 2.75) is 51.2 Å². The largest absolute Gasteiger partial charge is 0.482 e. The number of carbonyl (C=O) groups is 2. The molecule has 1 aliphatic carbocycles. The number of halogens is 1. The molecule has 2 fully saturated rings. The quantitative estimate of drug-likeness (QED) is 0.534. The summed E-state index contributed by atoms with van der Waals surface area (Å²) < 4.78 is 25.3. The molecule has 2 atom stereocenters. The number of nitrogens with zero attached hydrogens (tertiary/aromatic N) is 1. The molecule has 1 saturated heterocycles. The van der Waals surface area contributed by atoms with E-state index in [1.54, 1.807) is 23.1 Å². The van der Waals surface area contributed by atoms with Gasteiger partial charge in [0, 0.05) is 25.3 Å². The number of amides is 2. The standard InChI is InChI=1S/C22H29FN2O4/c1-2-28-13-7-12-24-21(26)15-25-18-10-5-6-11-19(18)29-20(22(25)27)14-16-8-3-4-9-17(16)23/h3-4,8-9,14,18-19H,2,5-7,10-13,15H2,1H3,(H,24,26)/b20-14-. The Labute approximate surface area is 171 Å². The zero-order valence-electron chi connectivity index (χ0n) is 16.9. The lowest BCUT2D eigenvalue weighted by Crippen LogP contribution is -2.57. The highest BCUT2D eigenvalue weighted by Gasteiger charge is 2.42. The molecule has 1 heterocycles. The van der Waals surface area contributed by atoms with E-state index in [0.717, 1.165) is 32.1 Å². The van der Waals surface area contributed by atoms with Gasteiger partial charge in [-0.1, -0.05) is 24.6 Å². The lowest BCUT2D eigenvalue weighted by atomic mass is 9.89. The average Bonchev–Trinajstić information content (AvgIpc) is 2.72. The summed E-state index contributed by atoms with van der Waals surface area (Å²) in [6.07, 6.45) is 5.64. The fraction of sp³-hybridized carbons (Fsp3) is 0.545. The molecule has 2 amide bonds. The molecule has 2 aliphatic rings. The predicted molar refractivity (Wildman–Crippen MR) is 107 cm³/mol. The van der Waals surface area contributed by atoms with Gasteiger partial charge in [0.2, 0.25) is 5.91 Å². The van der Waals surface area contributed by atoms with Crippen LogP contribution in [0.1, 0.15) is 44.6 Å². The first-order valence-corrected chi connectivity index (χ1v) is 10.4. The van der Waals surface area contributed by atoms with Crippen LogP contribution in [0.25, 0.3) is 6.08 Å². The smallest absolute Gasteiger partial charge is 0.289 e. The van der Waals surface area contributed by atoms with Crippen molar-refractivity contribution < 1.29 is 23.5 Å². The van der Waals surface area contributed by atoms with Gasteiger partial charge in [-0.25, -0.2) is 4.39 Å². The molecular weight excluding hydrogens is 375 g/mol. The van der Waals surface area contributed by atoms with Crippen LogP contribution >= 0.6 is 0 Å². The van der Waals surface area contributed by atoms with Crippen molar-refractivity contribution in [1.29, 1.82) is 0 Å². The fourth-order valence-electron chi connectivity index (χ4n) is 3.85. The van der Waals surface area contributed by atoms with E-state index in [0.29, 0.717) is 25.3 Å². The minimum atomic E-state index is -0.416. The summed E-state index contributed by atoms with van der Waals surface area (Å²) in [4.78, 5) is 27.1. The Kier molecular flexibility index (Phi) is 7.63. The Hall–Kier alpha value is -2.41. The van der Waals surface area contributed by atoms with Gasteiger partial charge in [0.15, 0.2) is 5.76 Å². The van der Waals surface area contributed by atoms with Crippen molar-refractivity contribution in [3.63, 3.8) is 0 Å². The van der Waals surface area contributed by atoms with E-state index in [1.807, 2.05) is 6.92 Å². The number of hydrogen-bond acceptors (Lipinski definition) is 4. The van der Waals surface area contributed by atoms with Crippen LogP contribution in [0.3, 0.4) is 0 Å². The molecular formula is C22H29FN2O4. The molecule has 0 bridgehead atoms. The molecule has 7 heteroatoms. The van der Waals surface area contributed by atoms with Gasteiger partial charge in [-0.3, -0.25) is 9.59 Å². The predicted octanol–water partition coefficient (Wildman–Crippen LogP) is 2.88. The van der Waals surface area contributed by atoms with Crippen molar-refractivity contribution in [3.8, 4) is 0 Å². The summed E-state index contributed by atoms with van der Waals surface area (Å²) >= 11 is 0. The molecule has 1 N–H and O–H groups in total. The third-order valence-electron chi connectivity index (χ3n) is 5.32. The van der Waals surface area contributed by atoms with Crippen molar-refractivity contribution in [1.82, 2.24) is 10.2 Å². The topological polar surface area (TPSA) is 67.9 Å². The summed E-state index contributed by atoms with van der Waals surface area (Å²) in [6, 6.07) is 6.13. The summed E-state index contributed by atoms with van der Waals surface area (Å²) in [5, 5.41) is 2.85. The zero-order chi connectivity index (χ0) is 20.6. The van der Waals surface area contributed by atoms with Gasteiger partial charge >= 0.3 is 0 Å². The molecule has 6 nitrogen and oxygen atoms in total. The van der Waals surface area contributed by atoms with Gasteiger partial charge in [0.1, 0.15) is 18.5 Å². The lowest BCUT2D eigenvalue weighted by Gasteiger charge is -2.44. The van der Waals surface area contributed by atoms with Crippen LogP contribution in [-0.4, -0.2) is 55.2 Å². The summed E-state index contributed by atoms with van der Waals surface area (Å²) in [5.41, 5.74) is 0.297. The Morgan fingerprint density at radius 1 is 1.34 bits per heavy atom. The Bertz CT molecular complexity index is 752. The Balaban J connectivity index is 1.70. The second-order valence-electron chi connectivity index (χ2n) is 7.37. The van der Waals surface area contributed by atoms with Gasteiger partial charge in [0.25, 0.3) is 5.91 Å². The first-order valence-electron chi connectivity index (χ1n) is 10.4. The molecule has 1 saturated carbocycles. The van der Waals surface area contributed by atoms with E-state index in [9.17, 15) is 14.0 Å². The van der Waals surface area contributed by atoms with E-state index in [1.165, 1.54) is 12.1 Å². The molecule has 2 unspecified atom stereocenters. The van der Waals surface area contributed by atoms with Gasteiger partial charge in [-0.15, -0.1) is 0 Å². The summed E-state index contributed by atoms with van der Waals surface area (Å²) in [6.45, 7) is 3.65. The molecule has 0 aromatic heterocycles. The maximum absolute atomic E-state index is 14.0. The Morgan fingerprint density at radius 3 is 2.93 bits per heavy atom. The minimum absolute atomic E-state index is 0.0212. The average molecular weight is 404 g/mol. The van der Waals surface area contributed by atoms with E-state index >= 15 is 0 Å². The van der Waals surface area contributed by atoms with Crippen LogP contribution in [0.5, 0.6) is 0 Å². The number of ether oxygens (including phenoxy) is 2. The molecule has 29 heavy (non-hydrogen) atoms. The van der Waals surface area contributed by atoms with Gasteiger partial charge in [-0.05, 0) is 44.7 Å². The molecule has 0 radical (unpaired) electrons. The normalized spacial score (nSPS) is 22.9. The first kappa shape index (κ1) is 21.3. The molecule has 3 rings (SSSR count). The number of morpholine rings is 1. The van der Waals surface area contributed by atoms with Gasteiger partial charge in [-0.2, -0.15) is 0 Å². The van der Waals surface area contributed by atoms with Crippen molar-refractivity contribution in [3.05, 3.63) is 41.4 Å². The third-order valence-corrected chi connectivity index (χ3v) is 5.32. The first-order chi connectivity index (χ1) is 14.1. The fourth-order valence-corrected chi connectivity index (χ4v) is 3.85. The van der Waals surface area contributed by atoms with Crippen molar-refractivity contribution >= 4 is 17.9 Å². The maximum atomic E-state index is 14.0. The lowest BCUT2D eigenvalue weighted by molar-refractivity contribution is -0.151. The van der Waals surface area contributed by atoms with E-state index in [4.69, 9.17) is 9.47 Å². The third kappa shape index (κ3) is 5.56. The number of carbonyl (C=O) groups excluding carboxylic acids is 2. The Morgan fingerprint density at radius 2 is 2.14 bits per heavy atom. The van der Waals surface area contributed by atoms with Gasteiger partial charge < -0.3 is 19.7 Å². The molecule has 158 valence electrons. The SMILES string of the molecule is CCOCCCNC(=O)CN1C(=O)/C(=C/c2ccccc2F)OC2CCCCC21. The van der Waals surface area contributed by atoms with Crippen molar-refractivity contribution in [2.75, 3.05) is 26.3 Å². The van der Waals surface area contributed by atoms with E-state index < -0.39 is 5.82 Å². The van der Waals surface area contributed by atoms with Crippen molar-refractivity contribution in [2.24, 2.45) is 0 Å². The van der Waals surface area contributed by atoms with E-state index in [2.05, 4.69) is 5.32 Å². The van der Waals surface area contributed by atoms with Crippen LogP contribution in [0.15, 0.2) is 30.0 Å². The summed E-state index contributed by atoms with van der Waals surface area (Å²) in [7, 11) is 0. The summed E-state index contributed by atoms with van der Waals surface area (Å²) in [5.74, 6) is -0.879. The van der Waals surface area contributed by atoms with Crippen LogP contribution in [0.2, 0.25) is 0 Å². The highest BCUT2D eigenvalue weighted by Crippen LogP contribution is 2.33. The molecule has 1 aromatic rings. The maximum Gasteiger partial charge on any atom is 0.289 e. The van der Waals surface area contributed by atoms with Crippen LogP contribution < -0.4 is 5.32 Å². The number of nitrogens with one attached hydrogen (secondary N) is 1.